The minimum absolute atomic E-state index is 0.188. The number of aromatic amines is 1. The van der Waals surface area contributed by atoms with Crippen LogP contribution in [0.25, 0.3) is 11.3 Å². The quantitative estimate of drug-likeness (QED) is 0.740. The topological polar surface area (TPSA) is 57.8 Å². The molecule has 0 spiro atoms. The molecule has 0 saturated carbocycles. The summed E-state index contributed by atoms with van der Waals surface area (Å²) in [4.78, 5) is 18.6. The highest BCUT2D eigenvalue weighted by molar-refractivity contribution is 9.10. The summed E-state index contributed by atoms with van der Waals surface area (Å²) in [5, 5.41) is 2.79. The van der Waals surface area contributed by atoms with Gasteiger partial charge in [-0.1, -0.05) is 46.3 Å². The van der Waals surface area contributed by atoms with Crippen LogP contribution >= 0.6 is 15.9 Å². The number of halogens is 2. The highest BCUT2D eigenvalue weighted by Gasteiger charge is 2.07. The molecule has 0 unspecified atom stereocenters. The van der Waals surface area contributed by atoms with E-state index in [0.717, 1.165) is 5.56 Å². The van der Waals surface area contributed by atoms with Crippen molar-refractivity contribution in [3.05, 3.63) is 75.2 Å². The van der Waals surface area contributed by atoms with Crippen molar-refractivity contribution in [2.45, 2.75) is 0 Å². The van der Waals surface area contributed by atoms with E-state index in [0.29, 0.717) is 10.2 Å². The number of nitrogens with zero attached hydrogens (tertiary/aromatic N) is 1. The predicted molar refractivity (Wildman–Crippen MR) is 87.7 cm³/mol. The van der Waals surface area contributed by atoms with Crippen molar-refractivity contribution >= 4 is 27.6 Å². The Bertz CT molecular complexity index is 865. The van der Waals surface area contributed by atoms with E-state index in [1.54, 1.807) is 12.1 Å². The van der Waals surface area contributed by atoms with Gasteiger partial charge < -0.3 is 5.32 Å². The summed E-state index contributed by atoms with van der Waals surface area (Å²) in [7, 11) is 0. The zero-order chi connectivity index (χ0) is 15.5. The fourth-order valence-corrected chi connectivity index (χ4v) is 2.33. The summed E-state index contributed by atoms with van der Waals surface area (Å²) in [5.74, 6) is -0.255. The molecule has 2 aromatic carbocycles. The zero-order valence-electron chi connectivity index (χ0n) is 11.3. The Kier molecular flexibility index (Phi) is 4.02. The minimum Gasteiger partial charge on any atom is -0.323 e. The monoisotopic (exact) mass is 359 g/mol. The van der Waals surface area contributed by atoms with Crippen molar-refractivity contribution in [3.8, 4) is 11.3 Å². The maximum absolute atomic E-state index is 13.8. The molecule has 2 N–H and O–H groups in total. The van der Waals surface area contributed by atoms with Gasteiger partial charge in [-0.3, -0.25) is 9.78 Å². The summed E-state index contributed by atoms with van der Waals surface area (Å²) in [6, 6.07) is 15.3. The summed E-state index contributed by atoms with van der Waals surface area (Å²) in [5.41, 5.74) is 1.25. The van der Waals surface area contributed by atoms with Gasteiger partial charge in [-0.25, -0.2) is 9.37 Å². The second-order valence-corrected chi connectivity index (χ2v) is 5.51. The molecule has 6 heteroatoms. The van der Waals surface area contributed by atoms with Gasteiger partial charge in [-0.05, 0) is 18.2 Å². The second kappa shape index (κ2) is 6.11. The van der Waals surface area contributed by atoms with Crippen LogP contribution in [-0.2, 0) is 0 Å². The summed E-state index contributed by atoms with van der Waals surface area (Å²) in [6.45, 7) is 0. The second-order valence-electron chi connectivity index (χ2n) is 4.59. The molecule has 3 rings (SSSR count). The lowest BCUT2D eigenvalue weighted by Gasteiger charge is -2.08. The van der Waals surface area contributed by atoms with E-state index in [-0.39, 0.29) is 17.2 Å². The van der Waals surface area contributed by atoms with Crippen LogP contribution in [0.4, 0.5) is 16.0 Å². The first-order valence-electron chi connectivity index (χ1n) is 6.51. The van der Waals surface area contributed by atoms with Crippen molar-refractivity contribution in [1.82, 2.24) is 9.97 Å². The van der Waals surface area contributed by atoms with Crippen molar-refractivity contribution in [2.75, 3.05) is 5.32 Å². The standard InChI is InChI=1S/C16H11BrFN3O/c17-11-6-7-13(12(18)8-11)19-16-20-14(9-15(22)21-16)10-4-2-1-3-5-10/h1-9H,(H2,19,20,21,22). The molecule has 0 aliphatic rings. The van der Waals surface area contributed by atoms with Gasteiger partial charge in [0.15, 0.2) is 0 Å². The Morgan fingerprint density at radius 1 is 1.09 bits per heavy atom. The van der Waals surface area contributed by atoms with Gasteiger partial charge in [-0.2, -0.15) is 0 Å². The van der Waals surface area contributed by atoms with Crippen molar-refractivity contribution in [2.24, 2.45) is 0 Å². The van der Waals surface area contributed by atoms with Gasteiger partial charge in [-0.15, -0.1) is 0 Å². The SMILES string of the molecule is O=c1cc(-c2ccccc2)nc(Nc2ccc(Br)cc2F)[nH]1. The number of benzene rings is 2. The van der Waals surface area contributed by atoms with Crippen LogP contribution in [0, 0.1) is 5.82 Å². The van der Waals surface area contributed by atoms with E-state index in [1.807, 2.05) is 30.3 Å². The lowest BCUT2D eigenvalue weighted by atomic mass is 10.1. The van der Waals surface area contributed by atoms with Crippen LogP contribution in [0.3, 0.4) is 0 Å². The van der Waals surface area contributed by atoms with Gasteiger partial charge >= 0.3 is 0 Å². The molecule has 0 fully saturated rings. The van der Waals surface area contributed by atoms with Crippen molar-refractivity contribution < 1.29 is 4.39 Å². The van der Waals surface area contributed by atoms with Gasteiger partial charge in [0.05, 0.1) is 11.4 Å². The van der Waals surface area contributed by atoms with Crippen LogP contribution in [0.1, 0.15) is 0 Å². The highest BCUT2D eigenvalue weighted by Crippen LogP contribution is 2.22. The van der Waals surface area contributed by atoms with Gasteiger partial charge in [0, 0.05) is 16.1 Å². The van der Waals surface area contributed by atoms with Crippen LogP contribution in [0.2, 0.25) is 0 Å². The lowest BCUT2D eigenvalue weighted by Crippen LogP contribution is -2.11. The molecule has 22 heavy (non-hydrogen) atoms. The van der Waals surface area contributed by atoms with Crippen molar-refractivity contribution in [3.63, 3.8) is 0 Å². The Morgan fingerprint density at radius 3 is 2.59 bits per heavy atom. The third-order valence-corrected chi connectivity index (χ3v) is 3.49. The molecule has 0 bridgehead atoms. The summed E-state index contributed by atoms with van der Waals surface area (Å²) in [6.07, 6.45) is 0. The van der Waals surface area contributed by atoms with Crippen LogP contribution < -0.4 is 10.9 Å². The van der Waals surface area contributed by atoms with Crippen molar-refractivity contribution in [1.29, 1.82) is 0 Å². The van der Waals surface area contributed by atoms with E-state index in [2.05, 4.69) is 31.2 Å². The predicted octanol–water partition coefficient (Wildman–Crippen LogP) is 4.08. The van der Waals surface area contributed by atoms with Gasteiger partial charge in [0.25, 0.3) is 5.56 Å². The number of anilines is 2. The first-order valence-corrected chi connectivity index (χ1v) is 7.30. The molecule has 1 aromatic heterocycles. The minimum atomic E-state index is -0.442. The third-order valence-electron chi connectivity index (χ3n) is 3.00. The highest BCUT2D eigenvalue weighted by atomic mass is 79.9. The number of rotatable bonds is 3. The molecule has 0 atom stereocenters. The Labute approximate surface area is 134 Å². The molecule has 3 aromatic rings. The van der Waals surface area contributed by atoms with E-state index in [1.165, 1.54) is 12.1 Å². The van der Waals surface area contributed by atoms with Crippen LogP contribution in [0.5, 0.6) is 0 Å². The number of H-pyrrole nitrogens is 1. The Balaban J connectivity index is 1.98. The smallest absolute Gasteiger partial charge is 0.252 e. The summed E-state index contributed by atoms with van der Waals surface area (Å²) < 4.78 is 14.5. The molecule has 0 saturated heterocycles. The Hall–Kier alpha value is -2.47. The first kappa shape index (κ1) is 14.5. The Morgan fingerprint density at radius 2 is 1.86 bits per heavy atom. The number of hydrogen-bond donors (Lipinski definition) is 2. The van der Waals surface area contributed by atoms with E-state index >= 15 is 0 Å². The molecule has 110 valence electrons. The summed E-state index contributed by atoms with van der Waals surface area (Å²) >= 11 is 3.19. The maximum Gasteiger partial charge on any atom is 0.252 e. The molecule has 4 nitrogen and oxygen atoms in total. The molecule has 0 radical (unpaired) electrons. The number of nitrogens with one attached hydrogen (secondary N) is 2. The van der Waals surface area contributed by atoms with E-state index in [9.17, 15) is 9.18 Å². The molecule has 0 aliphatic carbocycles. The van der Waals surface area contributed by atoms with Gasteiger partial charge in [0.1, 0.15) is 5.82 Å². The largest absolute Gasteiger partial charge is 0.323 e. The zero-order valence-corrected chi connectivity index (χ0v) is 12.9. The molecule has 0 amide bonds. The lowest BCUT2D eigenvalue weighted by molar-refractivity contribution is 0.630. The number of aromatic nitrogens is 2. The third kappa shape index (κ3) is 3.23. The number of hydrogen-bond acceptors (Lipinski definition) is 3. The molecule has 0 aliphatic heterocycles. The molecular formula is C16H11BrFN3O. The molecule has 1 heterocycles. The maximum atomic E-state index is 13.8. The van der Waals surface area contributed by atoms with Crippen LogP contribution in [0.15, 0.2) is 63.9 Å². The first-order chi connectivity index (χ1) is 10.6. The van der Waals surface area contributed by atoms with Gasteiger partial charge in [0.2, 0.25) is 5.95 Å². The average molecular weight is 360 g/mol. The van der Waals surface area contributed by atoms with E-state index < -0.39 is 5.82 Å². The fraction of sp³-hybridized carbons (Fsp3) is 0. The van der Waals surface area contributed by atoms with Crippen LogP contribution in [-0.4, -0.2) is 9.97 Å². The van der Waals surface area contributed by atoms with E-state index in [4.69, 9.17) is 0 Å². The average Bonchev–Trinajstić information content (AvgIpc) is 2.50. The fourth-order valence-electron chi connectivity index (χ4n) is 1.99. The normalized spacial score (nSPS) is 10.5. The molecular weight excluding hydrogens is 349 g/mol.